The van der Waals surface area contributed by atoms with E-state index in [2.05, 4.69) is 23.1 Å². The molecule has 0 bridgehead atoms. The standard InChI is InChI=1S/2C21H25NO3.2ClH.Ti/c2*1-6-11-25-17-9-7-16(8-10-17)22-14-15-12-18(24-5)13-19(20(15)23)21(2,3)4;;;/h2*6-10,12-14,23H,1,11H2,2-5H3;2*1H;/q;;;;+2/p-2. The van der Waals surface area contributed by atoms with Crippen LogP contribution in [-0.4, -0.2) is 50.1 Å². The maximum absolute atomic E-state index is 10.6. The molecule has 0 amide bonds. The zero-order valence-corrected chi connectivity index (χ0v) is 34.8. The first-order valence-electron chi connectivity index (χ1n) is 16.7. The maximum atomic E-state index is 10.6. The quantitative estimate of drug-likeness (QED) is 0.0841. The summed E-state index contributed by atoms with van der Waals surface area (Å²) in [5, 5.41) is 21.2. The molecule has 0 saturated carbocycles. The van der Waals surface area contributed by atoms with Crippen LogP contribution in [0.15, 0.2) is 108 Å². The SMILES string of the molecule is C=CCOc1ccc(N=Cc2cc(OC)cc(C(C)(C)C)c2O)cc1.C=CCOc1ccc(N=Cc2cc(OC)cc(C(C)(C)C)c2O)cc1.[Cl][Ti][Cl]. The van der Waals surface area contributed by atoms with Crippen molar-refractivity contribution < 1.29 is 46.2 Å². The Balaban J connectivity index is 0.000000341. The van der Waals surface area contributed by atoms with Crippen molar-refractivity contribution in [2.24, 2.45) is 9.98 Å². The van der Waals surface area contributed by atoms with E-state index in [4.69, 9.17) is 37.6 Å². The van der Waals surface area contributed by atoms with Crippen LogP contribution in [0.5, 0.6) is 34.5 Å². The summed E-state index contributed by atoms with van der Waals surface area (Å²) >= 11 is -0.556. The number of ether oxygens (including phenoxy) is 4. The fourth-order valence-corrected chi connectivity index (χ4v) is 4.69. The van der Waals surface area contributed by atoms with Crippen molar-refractivity contribution in [2.75, 3.05) is 27.4 Å². The van der Waals surface area contributed by atoms with Crippen LogP contribution in [-0.2, 0) is 27.9 Å². The number of hydrogen-bond acceptors (Lipinski definition) is 8. The van der Waals surface area contributed by atoms with Crippen molar-refractivity contribution in [3.05, 3.63) is 120 Å². The topological polar surface area (TPSA) is 102 Å². The number of methoxy groups -OCH3 is 2. The van der Waals surface area contributed by atoms with Crippen molar-refractivity contribution in [1.29, 1.82) is 0 Å². The fourth-order valence-electron chi connectivity index (χ4n) is 4.69. The summed E-state index contributed by atoms with van der Waals surface area (Å²) in [6.07, 6.45) is 6.69. The molecule has 0 fully saturated rings. The molecule has 53 heavy (non-hydrogen) atoms. The Hall–Kier alpha value is -4.21. The van der Waals surface area contributed by atoms with Gasteiger partial charge in [0.15, 0.2) is 0 Å². The molecule has 0 spiro atoms. The van der Waals surface area contributed by atoms with Gasteiger partial charge in [0.25, 0.3) is 0 Å². The Morgan fingerprint density at radius 3 is 1.19 bits per heavy atom. The Bertz CT molecular complexity index is 1680. The number of aromatic hydroxyl groups is 2. The fraction of sp³-hybridized carbons (Fsp3) is 0.286. The number of aliphatic imine (C=N–C) groups is 2. The second-order valence-corrected chi connectivity index (χ2v) is 16.1. The van der Waals surface area contributed by atoms with E-state index in [0.717, 1.165) is 34.0 Å². The predicted molar refractivity (Wildman–Crippen MR) is 217 cm³/mol. The van der Waals surface area contributed by atoms with Crippen LogP contribution < -0.4 is 18.9 Å². The van der Waals surface area contributed by atoms with Crippen molar-refractivity contribution in [3.8, 4) is 34.5 Å². The summed E-state index contributed by atoms with van der Waals surface area (Å²) in [5.74, 6) is 3.36. The molecule has 0 radical (unpaired) electrons. The van der Waals surface area contributed by atoms with E-state index in [1.807, 2.05) is 102 Å². The van der Waals surface area contributed by atoms with Crippen molar-refractivity contribution in [1.82, 2.24) is 0 Å². The van der Waals surface area contributed by atoms with E-state index in [0.29, 0.717) is 35.8 Å². The number of nitrogens with zero attached hydrogens (tertiary/aromatic N) is 2. The average Bonchev–Trinajstić information content (AvgIpc) is 3.12. The van der Waals surface area contributed by atoms with Crippen molar-refractivity contribution in [3.63, 3.8) is 0 Å². The van der Waals surface area contributed by atoms with Crippen molar-refractivity contribution in [2.45, 2.75) is 52.4 Å². The van der Waals surface area contributed by atoms with E-state index in [9.17, 15) is 10.2 Å². The van der Waals surface area contributed by atoms with Gasteiger partial charge >= 0.3 is 35.6 Å². The molecule has 0 aliphatic heterocycles. The number of halogens is 2. The Morgan fingerprint density at radius 1 is 0.604 bits per heavy atom. The molecule has 11 heteroatoms. The van der Waals surface area contributed by atoms with Crippen LogP contribution in [0.2, 0.25) is 0 Å². The predicted octanol–water partition coefficient (Wildman–Crippen LogP) is 11.4. The zero-order valence-electron chi connectivity index (χ0n) is 31.7. The molecular weight excluding hydrogens is 747 g/mol. The monoisotopic (exact) mass is 796 g/mol. The van der Waals surface area contributed by atoms with Crippen LogP contribution in [0.4, 0.5) is 11.4 Å². The van der Waals surface area contributed by atoms with Gasteiger partial charge in [0.1, 0.15) is 47.7 Å². The number of benzene rings is 4. The molecule has 4 aromatic rings. The van der Waals surface area contributed by atoms with Gasteiger partial charge in [0, 0.05) is 34.7 Å². The first-order valence-corrected chi connectivity index (χ1v) is 21.0. The van der Waals surface area contributed by atoms with Gasteiger partial charge in [0.05, 0.1) is 25.6 Å². The van der Waals surface area contributed by atoms with E-state index in [1.165, 1.54) is 0 Å². The van der Waals surface area contributed by atoms with Gasteiger partial charge in [-0.3, -0.25) is 9.98 Å². The summed E-state index contributed by atoms with van der Waals surface area (Å²) in [6.45, 7) is 20.5. The Kier molecular flexibility index (Phi) is 18.8. The first kappa shape index (κ1) is 45.0. The molecule has 0 aliphatic rings. The van der Waals surface area contributed by atoms with Gasteiger partial charge in [-0.2, -0.15) is 0 Å². The summed E-state index contributed by atoms with van der Waals surface area (Å²) in [4.78, 5) is 8.88. The molecule has 0 unspecified atom stereocenters. The minimum atomic E-state index is -0.556. The number of phenolic OH excluding ortho intramolecular Hbond substituents is 2. The van der Waals surface area contributed by atoms with Gasteiger partial charge in [-0.1, -0.05) is 66.9 Å². The van der Waals surface area contributed by atoms with Crippen LogP contribution >= 0.6 is 18.6 Å². The van der Waals surface area contributed by atoms with Gasteiger partial charge in [-0.25, -0.2) is 0 Å². The molecule has 0 aliphatic carbocycles. The Morgan fingerprint density at radius 2 is 0.925 bits per heavy atom. The number of hydrogen-bond donors (Lipinski definition) is 2. The molecule has 4 aromatic carbocycles. The van der Waals surface area contributed by atoms with Crippen molar-refractivity contribution >= 4 is 42.4 Å². The molecule has 0 heterocycles. The molecule has 0 saturated heterocycles. The van der Waals surface area contributed by atoms with Crippen LogP contribution in [0.1, 0.15) is 63.8 Å². The minimum absolute atomic E-state index is 0.203. The third-order valence-corrected chi connectivity index (χ3v) is 7.43. The molecule has 0 atom stereocenters. The molecule has 8 nitrogen and oxygen atoms in total. The molecule has 282 valence electrons. The van der Waals surface area contributed by atoms with Crippen LogP contribution in [0.25, 0.3) is 0 Å². The van der Waals surface area contributed by atoms with Gasteiger partial charge in [-0.15, -0.1) is 0 Å². The summed E-state index contributed by atoms with van der Waals surface area (Å²) < 4.78 is 21.6. The van der Waals surface area contributed by atoms with E-state index in [1.54, 1.807) is 50.9 Å². The third-order valence-electron chi connectivity index (χ3n) is 7.43. The van der Waals surface area contributed by atoms with E-state index < -0.39 is 17.0 Å². The second kappa shape index (κ2) is 22.1. The summed E-state index contributed by atoms with van der Waals surface area (Å²) in [7, 11) is 13.0. The van der Waals surface area contributed by atoms with E-state index in [-0.39, 0.29) is 22.3 Å². The second-order valence-electron chi connectivity index (χ2n) is 13.5. The molecule has 2 N–H and O–H groups in total. The Labute approximate surface area is 331 Å². The summed E-state index contributed by atoms with van der Waals surface area (Å²) in [6, 6.07) is 22.1. The molecule has 4 rings (SSSR count). The number of phenols is 2. The average molecular weight is 798 g/mol. The number of rotatable bonds is 12. The van der Waals surface area contributed by atoms with Crippen LogP contribution in [0, 0.1) is 0 Å². The first-order chi connectivity index (χ1) is 25.1. The zero-order chi connectivity index (χ0) is 39.6. The van der Waals surface area contributed by atoms with Gasteiger partial charge < -0.3 is 29.2 Å². The normalized spacial score (nSPS) is 11.1. The molecular formula is C42H50Cl2N2O6Ti. The third kappa shape index (κ3) is 15.0. The molecule has 0 aromatic heterocycles. The van der Waals surface area contributed by atoms with Gasteiger partial charge in [0.2, 0.25) is 0 Å². The van der Waals surface area contributed by atoms with Crippen LogP contribution in [0.3, 0.4) is 0 Å². The summed E-state index contributed by atoms with van der Waals surface area (Å²) in [5.41, 5.74) is 4.02. The van der Waals surface area contributed by atoms with Gasteiger partial charge in [-0.05, 0) is 83.6 Å². The van der Waals surface area contributed by atoms with E-state index >= 15 is 0 Å².